The number of rotatable bonds is 6. The van der Waals surface area contributed by atoms with Gasteiger partial charge in [-0.2, -0.15) is 4.31 Å². The van der Waals surface area contributed by atoms with E-state index in [2.05, 4.69) is 21.2 Å². The van der Waals surface area contributed by atoms with Crippen LogP contribution in [-0.4, -0.2) is 25.2 Å². The normalized spacial score (nSPS) is 17.4. The number of fused-ring (bicyclic) bond motifs is 1. The predicted molar refractivity (Wildman–Crippen MR) is 129 cm³/mol. The number of carbonyl (C=O) groups is 1. The summed E-state index contributed by atoms with van der Waals surface area (Å²) in [7, 11) is -3.76. The molecule has 1 heterocycles. The van der Waals surface area contributed by atoms with Crippen LogP contribution in [0.3, 0.4) is 0 Å². The van der Waals surface area contributed by atoms with Crippen molar-refractivity contribution in [2.45, 2.75) is 36.7 Å². The molecular formula is C25H25BrN2O3S. The number of benzene rings is 3. The van der Waals surface area contributed by atoms with Crippen LogP contribution in [0, 0.1) is 0 Å². The Labute approximate surface area is 197 Å². The van der Waals surface area contributed by atoms with E-state index in [4.69, 9.17) is 0 Å². The molecule has 0 unspecified atom stereocenters. The molecule has 2 atom stereocenters. The van der Waals surface area contributed by atoms with Crippen LogP contribution in [0.25, 0.3) is 0 Å². The molecule has 0 aromatic heterocycles. The van der Waals surface area contributed by atoms with Crippen LogP contribution in [0.5, 0.6) is 0 Å². The van der Waals surface area contributed by atoms with Gasteiger partial charge in [0.15, 0.2) is 0 Å². The van der Waals surface area contributed by atoms with E-state index < -0.39 is 16.1 Å². The minimum Gasteiger partial charge on any atom is -0.350 e. The minimum absolute atomic E-state index is 0.0595. The zero-order valence-corrected chi connectivity index (χ0v) is 20.1. The van der Waals surface area contributed by atoms with Crippen molar-refractivity contribution in [2.75, 3.05) is 6.54 Å². The summed E-state index contributed by atoms with van der Waals surface area (Å²) < 4.78 is 29.3. The predicted octanol–water partition coefficient (Wildman–Crippen LogP) is 5.00. The Kier molecular flexibility index (Phi) is 6.79. The van der Waals surface area contributed by atoms with Crippen molar-refractivity contribution in [1.29, 1.82) is 0 Å². The number of nitrogens with zero attached hydrogens (tertiary/aromatic N) is 1. The van der Waals surface area contributed by atoms with Gasteiger partial charge in [-0.3, -0.25) is 4.79 Å². The van der Waals surface area contributed by atoms with E-state index in [0.717, 1.165) is 21.2 Å². The zero-order chi connectivity index (χ0) is 22.7. The molecule has 0 saturated carbocycles. The maximum absolute atomic E-state index is 13.5. The summed E-state index contributed by atoms with van der Waals surface area (Å²) in [6, 6.07) is 23.4. The van der Waals surface area contributed by atoms with E-state index in [1.165, 1.54) is 4.31 Å². The molecule has 7 heteroatoms. The molecule has 0 bridgehead atoms. The molecule has 0 radical (unpaired) electrons. The number of halogens is 1. The maximum atomic E-state index is 13.5. The second-order valence-electron chi connectivity index (χ2n) is 7.94. The third-order valence-electron chi connectivity index (χ3n) is 5.84. The molecule has 166 valence electrons. The third-order valence-corrected chi connectivity index (χ3v) is 8.29. The van der Waals surface area contributed by atoms with Gasteiger partial charge in [-0.15, -0.1) is 0 Å². The van der Waals surface area contributed by atoms with Gasteiger partial charge in [0.25, 0.3) is 0 Å². The number of sulfonamides is 1. The highest BCUT2D eigenvalue weighted by atomic mass is 79.9. The third kappa shape index (κ3) is 4.80. The van der Waals surface area contributed by atoms with Crippen LogP contribution < -0.4 is 5.32 Å². The average molecular weight is 513 g/mol. The van der Waals surface area contributed by atoms with Crippen molar-refractivity contribution in [3.05, 3.63) is 100 Å². The fraction of sp³-hybridized carbons (Fsp3) is 0.240. The SMILES string of the molecule is C[C@@H](NC(=O)C[C@H]1c2ccccc2CCN1S(=O)(=O)c1ccc(Br)cc1)c1ccccc1. The summed E-state index contributed by atoms with van der Waals surface area (Å²) in [6.45, 7) is 2.26. The largest absolute Gasteiger partial charge is 0.350 e. The summed E-state index contributed by atoms with van der Waals surface area (Å²) in [5.74, 6) is -0.181. The quantitative estimate of drug-likeness (QED) is 0.504. The van der Waals surface area contributed by atoms with Crippen molar-refractivity contribution in [1.82, 2.24) is 9.62 Å². The van der Waals surface area contributed by atoms with Gasteiger partial charge in [-0.05, 0) is 54.3 Å². The van der Waals surface area contributed by atoms with E-state index in [9.17, 15) is 13.2 Å². The molecule has 5 nitrogen and oxygen atoms in total. The Morgan fingerprint density at radius 3 is 2.41 bits per heavy atom. The smallest absolute Gasteiger partial charge is 0.243 e. The maximum Gasteiger partial charge on any atom is 0.243 e. The van der Waals surface area contributed by atoms with Crippen molar-refractivity contribution in [3.63, 3.8) is 0 Å². The van der Waals surface area contributed by atoms with Gasteiger partial charge in [-0.1, -0.05) is 70.5 Å². The number of nitrogens with one attached hydrogen (secondary N) is 1. The van der Waals surface area contributed by atoms with Crippen LogP contribution in [0.4, 0.5) is 0 Å². The van der Waals surface area contributed by atoms with Gasteiger partial charge in [0.2, 0.25) is 15.9 Å². The van der Waals surface area contributed by atoms with Gasteiger partial charge in [0.05, 0.1) is 17.0 Å². The number of hydrogen-bond donors (Lipinski definition) is 1. The fourth-order valence-electron chi connectivity index (χ4n) is 4.17. The molecule has 0 fully saturated rings. The first kappa shape index (κ1) is 22.7. The molecule has 1 aliphatic rings. The van der Waals surface area contributed by atoms with Crippen LogP contribution in [0.15, 0.2) is 88.2 Å². The Hall–Kier alpha value is -2.48. The minimum atomic E-state index is -3.76. The Bertz CT molecular complexity index is 1200. The van der Waals surface area contributed by atoms with Crippen LogP contribution in [0.2, 0.25) is 0 Å². The average Bonchev–Trinajstić information content (AvgIpc) is 2.80. The van der Waals surface area contributed by atoms with Crippen molar-refractivity contribution >= 4 is 31.9 Å². The summed E-state index contributed by atoms with van der Waals surface area (Å²) >= 11 is 3.35. The van der Waals surface area contributed by atoms with Gasteiger partial charge >= 0.3 is 0 Å². The molecular weight excluding hydrogens is 488 g/mol. The van der Waals surface area contributed by atoms with Crippen molar-refractivity contribution < 1.29 is 13.2 Å². The lowest BCUT2D eigenvalue weighted by molar-refractivity contribution is -0.122. The second kappa shape index (κ2) is 9.57. The second-order valence-corrected chi connectivity index (χ2v) is 10.7. The summed E-state index contributed by atoms with van der Waals surface area (Å²) in [6.07, 6.45) is 0.675. The standard InChI is InChI=1S/C25H25BrN2O3S/c1-18(19-7-3-2-4-8-19)27-25(29)17-24-23-10-6-5-9-20(23)15-16-28(24)32(30,31)22-13-11-21(26)12-14-22/h2-14,18,24H,15-17H2,1H3,(H,27,29)/t18-,24+/m1/s1. The fourth-order valence-corrected chi connectivity index (χ4v) is 6.04. The van der Waals surface area contributed by atoms with Crippen LogP contribution in [-0.2, 0) is 21.2 Å². The van der Waals surface area contributed by atoms with Gasteiger partial charge in [-0.25, -0.2) is 8.42 Å². The van der Waals surface area contributed by atoms with Gasteiger partial charge in [0, 0.05) is 17.4 Å². The molecule has 0 saturated heterocycles. The molecule has 3 aromatic carbocycles. The molecule has 32 heavy (non-hydrogen) atoms. The van der Waals surface area contributed by atoms with Crippen LogP contribution >= 0.6 is 15.9 Å². The summed E-state index contributed by atoms with van der Waals surface area (Å²) in [4.78, 5) is 13.2. The zero-order valence-electron chi connectivity index (χ0n) is 17.7. The van der Waals surface area contributed by atoms with Crippen LogP contribution in [0.1, 0.15) is 42.1 Å². The first-order valence-corrected chi connectivity index (χ1v) is 12.8. The monoisotopic (exact) mass is 512 g/mol. The lowest BCUT2D eigenvalue weighted by Gasteiger charge is -2.36. The van der Waals surface area contributed by atoms with E-state index in [0.29, 0.717) is 13.0 Å². The highest BCUT2D eigenvalue weighted by molar-refractivity contribution is 9.10. The molecule has 0 spiro atoms. The molecule has 3 aromatic rings. The number of amides is 1. The van der Waals surface area contributed by atoms with Crippen molar-refractivity contribution in [3.8, 4) is 0 Å². The lowest BCUT2D eigenvalue weighted by atomic mass is 9.92. The molecule has 0 aliphatic carbocycles. The Balaban J connectivity index is 1.62. The number of hydrogen-bond acceptors (Lipinski definition) is 3. The molecule has 1 aliphatic heterocycles. The lowest BCUT2D eigenvalue weighted by Crippen LogP contribution is -2.42. The molecule has 1 amide bonds. The first-order chi connectivity index (χ1) is 15.4. The Morgan fingerprint density at radius 1 is 1.03 bits per heavy atom. The summed E-state index contributed by atoms with van der Waals surface area (Å²) in [5.41, 5.74) is 2.98. The Morgan fingerprint density at radius 2 is 1.69 bits per heavy atom. The first-order valence-electron chi connectivity index (χ1n) is 10.6. The van der Waals surface area contributed by atoms with Crippen molar-refractivity contribution in [2.24, 2.45) is 0 Å². The van der Waals surface area contributed by atoms with Gasteiger partial charge in [0.1, 0.15) is 0 Å². The highest BCUT2D eigenvalue weighted by Gasteiger charge is 2.37. The highest BCUT2D eigenvalue weighted by Crippen LogP contribution is 2.36. The van der Waals surface area contributed by atoms with E-state index in [1.54, 1.807) is 24.3 Å². The van der Waals surface area contributed by atoms with E-state index in [1.807, 2.05) is 61.5 Å². The summed E-state index contributed by atoms with van der Waals surface area (Å²) in [5, 5.41) is 3.03. The van der Waals surface area contributed by atoms with E-state index >= 15 is 0 Å². The molecule has 4 rings (SSSR count). The number of carbonyl (C=O) groups excluding carboxylic acids is 1. The van der Waals surface area contributed by atoms with Gasteiger partial charge < -0.3 is 5.32 Å². The topological polar surface area (TPSA) is 66.5 Å². The molecule has 1 N–H and O–H groups in total. The van der Waals surface area contributed by atoms with E-state index in [-0.39, 0.29) is 23.3 Å².